The second-order valence-electron chi connectivity index (χ2n) is 4.67. The maximum atomic E-state index is 11.9. The van der Waals surface area contributed by atoms with Crippen LogP contribution in [0.5, 0.6) is 0 Å². The first-order chi connectivity index (χ1) is 7.27. The molecule has 0 unspecified atom stereocenters. The lowest BCUT2D eigenvalue weighted by molar-refractivity contribution is -0.133. The molecular weight excluding hydrogens is 226 g/mol. The lowest BCUT2D eigenvalue weighted by Gasteiger charge is -2.36. The molecule has 0 aromatic rings. The average molecular weight is 248 g/mol. The Morgan fingerprint density at radius 1 is 1.31 bits per heavy atom. The predicted octanol–water partition coefficient (Wildman–Crippen LogP) is 0.324. The van der Waals surface area contributed by atoms with Gasteiger partial charge in [0, 0.05) is 32.2 Å². The molecule has 0 radical (unpaired) electrons. The highest BCUT2D eigenvalue weighted by molar-refractivity contribution is 5.85. The first kappa shape index (κ1) is 13.7. The molecule has 0 spiro atoms. The largest absolute Gasteiger partial charge is 0.342 e. The number of nitrogens with one attached hydrogen (secondary N) is 1. The van der Waals surface area contributed by atoms with E-state index in [0.717, 1.165) is 26.2 Å². The second kappa shape index (κ2) is 6.42. The number of likely N-dealkylation sites (tertiary alicyclic amines) is 1. The Morgan fingerprint density at radius 3 is 2.44 bits per heavy atom. The number of hydrogen-bond acceptors (Lipinski definition) is 3. The summed E-state index contributed by atoms with van der Waals surface area (Å²) in [7, 11) is 2.05. The van der Waals surface area contributed by atoms with Crippen molar-refractivity contribution in [2.45, 2.75) is 25.3 Å². The number of piperidine rings is 1. The van der Waals surface area contributed by atoms with Crippen molar-refractivity contribution in [3.05, 3.63) is 0 Å². The SMILES string of the molecule is CN(CC(=O)N1CCCCC1)C1CNC1.Cl. The van der Waals surface area contributed by atoms with Gasteiger partial charge < -0.3 is 10.2 Å². The highest BCUT2D eigenvalue weighted by Gasteiger charge is 2.25. The molecule has 2 fully saturated rings. The van der Waals surface area contributed by atoms with Gasteiger partial charge in [-0.15, -0.1) is 12.4 Å². The Bertz CT molecular complexity index is 227. The molecule has 0 saturated carbocycles. The van der Waals surface area contributed by atoms with E-state index < -0.39 is 0 Å². The van der Waals surface area contributed by atoms with Crippen LogP contribution in [-0.4, -0.2) is 61.5 Å². The van der Waals surface area contributed by atoms with E-state index in [1.54, 1.807) is 0 Å². The molecule has 2 aliphatic rings. The van der Waals surface area contributed by atoms with Crippen LogP contribution >= 0.6 is 12.4 Å². The Balaban J connectivity index is 0.00000128. The van der Waals surface area contributed by atoms with Gasteiger partial charge in [-0.1, -0.05) is 0 Å². The third kappa shape index (κ3) is 3.34. The zero-order valence-electron chi connectivity index (χ0n) is 9.95. The maximum absolute atomic E-state index is 11.9. The molecule has 0 bridgehead atoms. The zero-order valence-corrected chi connectivity index (χ0v) is 10.8. The van der Waals surface area contributed by atoms with Crippen molar-refractivity contribution in [2.24, 2.45) is 0 Å². The quantitative estimate of drug-likeness (QED) is 0.781. The molecule has 1 amide bonds. The van der Waals surface area contributed by atoms with Crippen molar-refractivity contribution in [1.29, 1.82) is 0 Å². The molecule has 0 aromatic heterocycles. The fourth-order valence-corrected chi connectivity index (χ4v) is 2.17. The van der Waals surface area contributed by atoms with Gasteiger partial charge in [0.25, 0.3) is 0 Å². The van der Waals surface area contributed by atoms with Gasteiger partial charge in [-0.2, -0.15) is 0 Å². The first-order valence-electron chi connectivity index (χ1n) is 5.96. The molecule has 1 N–H and O–H groups in total. The molecule has 2 aliphatic heterocycles. The summed E-state index contributed by atoms with van der Waals surface area (Å²) in [5, 5.41) is 3.23. The number of likely N-dealkylation sites (N-methyl/N-ethyl adjacent to an activating group) is 1. The van der Waals surface area contributed by atoms with Crippen molar-refractivity contribution in [2.75, 3.05) is 39.8 Å². The summed E-state index contributed by atoms with van der Waals surface area (Å²) in [6.07, 6.45) is 3.65. The summed E-state index contributed by atoms with van der Waals surface area (Å²) in [6.45, 7) is 4.59. The van der Waals surface area contributed by atoms with Crippen LogP contribution in [0.2, 0.25) is 0 Å². The summed E-state index contributed by atoms with van der Waals surface area (Å²) in [5.74, 6) is 0.309. The van der Waals surface area contributed by atoms with Crippen LogP contribution in [0.1, 0.15) is 19.3 Å². The topological polar surface area (TPSA) is 35.6 Å². The molecule has 0 aromatic carbocycles. The molecule has 0 aliphatic carbocycles. The zero-order chi connectivity index (χ0) is 10.7. The van der Waals surface area contributed by atoms with Crippen molar-refractivity contribution < 1.29 is 4.79 Å². The fraction of sp³-hybridized carbons (Fsp3) is 0.909. The maximum Gasteiger partial charge on any atom is 0.236 e. The van der Waals surface area contributed by atoms with E-state index in [2.05, 4.69) is 10.2 Å². The summed E-state index contributed by atoms with van der Waals surface area (Å²) in [5.41, 5.74) is 0. The van der Waals surface area contributed by atoms with Crippen molar-refractivity contribution >= 4 is 18.3 Å². The molecule has 16 heavy (non-hydrogen) atoms. The lowest BCUT2D eigenvalue weighted by atomic mass is 10.1. The van der Waals surface area contributed by atoms with Crippen LogP contribution in [0, 0.1) is 0 Å². The van der Waals surface area contributed by atoms with Crippen molar-refractivity contribution in [3.8, 4) is 0 Å². The third-order valence-electron chi connectivity index (χ3n) is 3.48. The van der Waals surface area contributed by atoms with Crippen LogP contribution in [0.25, 0.3) is 0 Å². The summed E-state index contributed by atoms with van der Waals surface area (Å²) in [4.78, 5) is 16.1. The number of halogens is 1. The second-order valence-corrected chi connectivity index (χ2v) is 4.67. The number of amides is 1. The van der Waals surface area contributed by atoms with Gasteiger partial charge in [-0.05, 0) is 26.3 Å². The number of rotatable bonds is 3. The normalized spacial score (nSPS) is 21.5. The lowest BCUT2D eigenvalue weighted by Crippen LogP contribution is -2.57. The molecule has 94 valence electrons. The van der Waals surface area contributed by atoms with Gasteiger partial charge in [-0.25, -0.2) is 0 Å². The minimum absolute atomic E-state index is 0. The minimum Gasteiger partial charge on any atom is -0.342 e. The van der Waals surface area contributed by atoms with E-state index in [1.807, 2.05) is 11.9 Å². The summed E-state index contributed by atoms with van der Waals surface area (Å²) >= 11 is 0. The third-order valence-corrected chi connectivity index (χ3v) is 3.48. The van der Waals surface area contributed by atoms with E-state index in [9.17, 15) is 4.79 Å². The van der Waals surface area contributed by atoms with Crippen molar-refractivity contribution in [3.63, 3.8) is 0 Å². The molecule has 0 atom stereocenters. The molecule has 2 rings (SSSR count). The van der Waals surface area contributed by atoms with Crippen LogP contribution in [0.3, 0.4) is 0 Å². The van der Waals surface area contributed by atoms with E-state index in [-0.39, 0.29) is 12.4 Å². The summed E-state index contributed by atoms with van der Waals surface area (Å²) in [6, 6.07) is 0.568. The highest BCUT2D eigenvalue weighted by atomic mass is 35.5. The predicted molar refractivity (Wildman–Crippen MR) is 67.0 cm³/mol. The number of nitrogens with zero attached hydrogens (tertiary/aromatic N) is 2. The van der Waals surface area contributed by atoms with E-state index in [4.69, 9.17) is 0 Å². The van der Waals surface area contributed by atoms with Crippen LogP contribution in [0.15, 0.2) is 0 Å². The van der Waals surface area contributed by atoms with E-state index in [1.165, 1.54) is 19.3 Å². The fourth-order valence-electron chi connectivity index (χ4n) is 2.17. The Kier molecular flexibility index (Phi) is 5.52. The number of carbonyl (C=O) groups excluding carboxylic acids is 1. The number of carbonyl (C=O) groups is 1. The van der Waals surface area contributed by atoms with Gasteiger partial charge in [0.05, 0.1) is 6.54 Å². The number of hydrogen-bond donors (Lipinski definition) is 1. The monoisotopic (exact) mass is 247 g/mol. The average Bonchev–Trinajstić information content (AvgIpc) is 2.16. The molecule has 2 heterocycles. The van der Waals surface area contributed by atoms with Gasteiger partial charge >= 0.3 is 0 Å². The van der Waals surface area contributed by atoms with E-state index in [0.29, 0.717) is 18.5 Å². The molecule has 4 nitrogen and oxygen atoms in total. The van der Waals surface area contributed by atoms with E-state index >= 15 is 0 Å². The smallest absolute Gasteiger partial charge is 0.236 e. The Morgan fingerprint density at radius 2 is 1.94 bits per heavy atom. The van der Waals surface area contributed by atoms with Gasteiger partial charge in [0.15, 0.2) is 0 Å². The standard InChI is InChI=1S/C11H21N3O.ClH/c1-13(10-7-12-8-10)9-11(15)14-5-3-2-4-6-14;/h10,12H,2-9H2,1H3;1H. The molecule has 2 saturated heterocycles. The van der Waals surface area contributed by atoms with Crippen LogP contribution < -0.4 is 5.32 Å². The summed E-state index contributed by atoms with van der Waals surface area (Å²) < 4.78 is 0. The van der Waals surface area contributed by atoms with Crippen LogP contribution in [0.4, 0.5) is 0 Å². The Hall–Kier alpha value is -0.320. The molecule has 5 heteroatoms. The van der Waals surface area contributed by atoms with Crippen LogP contribution in [-0.2, 0) is 4.79 Å². The minimum atomic E-state index is 0. The Labute approximate surface area is 104 Å². The first-order valence-corrected chi connectivity index (χ1v) is 5.96. The molecular formula is C11H22ClN3O. The van der Waals surface area contributed by atoms with Gasteiger partial charge in [0.1, 0.15) is 0 Å². The van der Waals surface area contributed by atoms with Gasteiger partial charge in [0.2, 0.25) is 5.91 Å². The van der Waals surface area contributed by atoms with Crippen molar-refractivity contribution in [1.82, 2.24) is 15.1 Å². The van der Waals surface area contributed by atoms with Gasteiger partial charge in [-0.3, -0.25) is 9.69 Å². The highest BCUT2D eigenvalue weighted by Crippen LogP contribution is 2.10.